The molecular formula is C9H17NO2. The highest BCUT2D eigenvalue weighted by atomic mass is 16.1. The first-order valence-electron chi connectivity index (χ1n) is 4.11. The highest BCUT2D eigenvalue weighted by Crippen LogP contribution is 2.04. The van der Waals surface area contributed by atoms with E-state index < -0.39 is 0 Å². The van der Waals surface area contributed by atoms with E-state index >= 15 is 0 Å². The Morgan fingerprint density at radius 3 is 2.00 bits per heavy atom. The van der Waals surface area contributed by atoms with Crippen LogP contribution in [0.15, 0.2) is 0 Å². The lowest BCUT2D eigenvalue weighted by Gasteiger charge is -2.20. The van der Waals surface area contributed by atoms with Crippen molar-refractivity contribution in [1.29, 1.82) is 0 Å². The smallest absolute Gasteiger partial charge is 0.146 e. The van der Waals surface area contributed by atoms with Gasteiger partial charge in [0.25, 0.3) is 0 Å². The molecule has 0 aromatic heterocycles. The number of carbonyl (C=O) groups excluding carboxylic acids is 2. The summed E-state index contributed by atoms with van der Waals surface area (Å²) in [6.07, 6.45) is 1.13. The van der Waals surface area contributed by atoms with Crippen LogP contribution >= 0.6 is 0 Å². The second-order valence-electron chi connectivity index (χ2n) is 3.33. The molecule has 1 atom stereocenters. The fraction of sp³-hybridized carbons (Fsp3) is 0.778. The number of rotatable bonds is 5. The second kappa shape index (κ2) is 5.04. The maximum absolute atomic E-state index is 11.0. The first-order chi connectivity index (χ1) is 5.45. The summed E-state index contributed by atoms with van der Waals surface area (Å²) in [5.74, 6) is 0.268. The standard InChI is InChI=1S/C9H17NO2/c1-7(11)5-6-9(8(2)12)10(3)4/h9H,5-6H2,1-4H3. The van der Waals surface area contributed by atoms with Gasteiger partial charge in [-0.05, 0) is 34.4 Å². The molecule has 0 fully saturated rings. The van der Waals surface area contributed by atoms with Crippen LogP contribution in [0.3, 0.4) is 0 Å². The molecule has 0 radical (unpaired) electrons. The minimum absolute atomic E-state index is 0.103. The molecule has 0 spiro atoms. The van der Waals surface area contributed by atoms with E-state index in [4.69, 9.17) is 0 Å². The molecule has 12 heavy (non-hydrogen) atoms. The largest absolute Gasteiger partial charge is 0.300 e. The molecule has 0 amide bonds. The van der Waals surface area contributed by atoms with Crippen molar-refractivity contribution in [3.8, 4) is 0 Å². The van der Waals surface area contributed by atoms with Crippen molar-refractivity contribution in [1.82, 2.24) is 4.90 Å². The van der Waals surface area contributed by atoms with Crippen LogP contribution in [0.5, 0.6) is 0 Å². The summed E-state index contributed by atoms with van der Waals surface area (Å²) in [6.45, 7) is 3.11. The summed E-state index contributed by atoms with van der Waals surface area (Å²) in [5.41, 5.74) is 0. The summed E-state index contributed by atoms with van der Waals surface area (Å²) in [6, 6.07) is -0.103. The van der Waals surface area contributed by atoms with Crippen molar-refractivity contribution in [3.63, 3.8) is 0 Å². The van der Waals surface area contributed by atoms with Gasteiger partial charge in [-0.3, -0.25) is 9.69 Å². The first kappa shape index (κ1) is 11.3. The normalized spacial score (nSPS) is 13.1. The summed E-state index contributed by atoms with van der Waals surface area (Å²) in [5, 5.41) is 0. The molecule has 0 aliphatic carbocycles. The number of carbonyl (C=O) groups is 2. The Balaban J connectivity index is 3.97. The zero-order valence-electron chi connectivity index (χ0n) is 8.26. The summed E-state index contributed by atoms with van der Waals surface area (Å²) < 4.78 is 0. The van der Waals surface area contributed by atoms with Gasteiger partial charge < -0.3 is 4.79 Å². The fourth-order valence-corrected chi connectivity index (χ4v) is 1.17. The monoisotopic (exact) mass is 171 g/mol. The topological polar surface area (TPSA) is 37.4 Å². The summed E-state index contributed by atoms with van der Waals surface area (Å²) in [4.78, 5) is 23.6. The molecule has 0 heterocycles. The maximum Gasteiger partial charge on any atom is 0.146 e. The van der Waals surface area contributed by atoms with Gasteiger partial charge in [0, 0.05) is 6.42 Å². The van der Waals surface area contributed by atoms with Gasteiger partial charge in [0.15, 0.2) is 0 Å². The molecule has 1 unspecified atom stereocenters. The van der Waals surface area contributed by atoms with Crippen molar-refractivity contribution in [2.24, 2.45) is 0 Å². The van der Waals surface area contributed by atoms with Gasteiger partial charge in [-0.25, -0.2) is 0 Å². The SMILES string of the molecule is CC(=O)CCC(C(C)=O)N(C)C. The van der Waals surface area contributed by atoms with Gasteiger partial charge >= 0.3 is 0 Å². The molecule has 0 bridgehead atoms. The second-order valence-corrected chi connectivity index (χ2v) is 3.33. The minimum atomic E-state index is -0.103. The molecule has 70 valence electrons. The molecule has 0 saturated heterocycles. The molecule has 0 aromatic carbocycles. The Labute approximate surface area is 73.7 Å². The lowest BCUT2D eigenvalue weighted by atomic mass is 10.1. The van der Waals surface area contributed by atoms with Crippen LogP contribution in [0.4, 0.5) is 0 Å². The Morgan fingerprint density at radius 2 is 1.75 bits per heavy atom. The van der Waals surface area contributed by atoms with E-state index in [2.05, 4.69) is 0 Å². The lowest BCUT2D eigenvalue weighted by Crippen LogP contribution is -2.34. The molecule has 3 heteroatoms. The molecular weight excluding hydrogens is 154 g/mol. The number of likely N-dealkylation sites (N-methyl/N-ethyl adjacent to an activating group) is 1. The third-order valence-corrected chi connectivity index (χ3v) is 1.86. The van der Waals surface area contributed by atoms with Gasteiger partial charge in [0.05, 0.1) is 6.04 Å². The molecule has 3 nitrogen and oxygen atoms in total. The predicted molar refractivity (Wildman–Crippen MR) is 48.1 cm³/mol. The molecule has 0 aliphatic rings. The zero-order valence-corrected chi connectivity index (χ0v) is 8.26. The van der Waals surface area contributed by atoms with Crippen molar-refractivity contribution in [3.05, 3.63) is 0 Å². The number of hydrogen-bond donors (Lipinski definition) is 0. The van der Waals surface area contributed by atoms with Crippen LogP contribution in [-0.4, -0.2) is 36.6 Å². The van der Waals surface area contributed by atoms with Crippen molar-refractivity contribution >= 4 is 11.6 Å². The fourth-order valence-electron chi connectivity index (χ4n) is 1.17. The van der Waals surface area contributed by atoms with Crippen LogP contribution in [0.2, 0.25) is 0 Å². The van der Waals surface area contributed by atoms with Crippen LogP contribution < -0.4 is 0 Å². The Morgan fingerprint density at radius 1 is 1.25 bits per heavy atom. The average molecular weight is 171 g/mol. The zero-order chi connectivity index (χ0) is 9.72. The first-order valence-corrected chi connectivity index (χ1v) is 4.11. The predicted octanol–water partition coefficient (Wildman–Crippen LogP) is 0.875. The van der Waals surface area contributed by atoms with Gasteiger partial charge in [0.2, 0.25) is 0 Å². The van der Waals surface area contributed by atoms with Crippen LogP contribution in [-0.2, 0) is 9.59 Å². The van der Waals surface area contributed by atoms with Gasteiger partial charge in [-0.2, -0.15) is 0 Å². The summed E-state index contributed by atoms with van der Waals surface area (Å²) in [7, 11) is 3.71. The van der Waals surface area contributed by atoms with E-state index in [-0.39, 0.29) is 17.6 Å². The number of nitrogens with zero attached hydrogens (tertiary/aromatic N) is 1. The third-order valence-electron chi connectivity index (χ3n) is 1.86. The molecule has 0 N–H and O–H groups in total. The number of Topliss-reactive ketones (excluding diaryl/α,β-unsaturated/α-hetero) is 2. The quantitative estimate of drug-likeness (QED) is 0.616. The average Bonchev–Trinajstić information content (AvgIpc) is 1.84. The molecule has 0 rings (SSSR count). The molecule has 0 saturated carbocycles. The van der Waals surface area contributed by atoms with Crippen LogP contribution in [0.25, 0.3) is 0 Å². The van der Waals surface area contributed by atoms with Crippen molar-refractivity contribution < 1.29 is 9.59 Å². The Hall–Kier alpha value is -0.700. The van der Waals surface area contributed by atoms with Gasteiger partial charge in [-0.1, -0.05) is 0 Å². The van der Waals surface area contributed by atoms with Crippen molar-refractivity contribution in [2.75, 3.05) is 14.1 Å². The van der Waals surface area contributed by atoms with Crippen LogP contribution in [0, 0.1) is 0 Å². The molecule has 0 aliphatic heterocycles. The van der Waals surface area contributed by atoms with E-state index in [0.29, 0.717) is 12.8 Å². The summed E-state index contributed by atoms with van der Waals surface area (Å²) >= 11 is 0. The number of hydrogen-bond acceptors (Lipinski definition) is 3. The highest BCUT2D eigenvalue weighted by Gasteiger charge is 2.16. The van der Waals surface area contributed by atoms with E-state index in [1.807, 2.05) is 19.0 Å². The Kier molecular flexibility index (Phi) is 4.74. The third kappa shape index (κ3) is 4.23. The van der Waals surface area contributed by atoms with E-state index in [1.165, 1.54) is 0 Å². The van der Waals surface area contributed by atoms with Crippen LogP contribution in [0.1, 0.15) is 26.7 Å². The van der Waals surface area contributed by atoms with E-state index in [1.54, 1.807) is 13.8 Å². The van der Waals surface area contributed by atoms with Gasteiger partial charge in [0.1, 0.15) is 11.6 Å². The van der Waals surface area contributed by atoms with E-state index in [0.717, 1.165) is 0 Å². The molecule has 0 aromatic rings. The number of ketones is 2. The van der Waals surface area contributed by atoms with Crippen molar-refractivity contribution in [2.45, 2.75) is 32.7 Å². The highest BCUT2D eigenvalue weighted by molar-refractivity contribution is 5.82. The van der Waals surface area contributed by atoms with Gasteiger partial charge in [-0.15, -0.1) is 0 Å². The lowest BCUT2D eigenvalue weighted by molar-refractivity contribution is -0.122. The maximum atomic E-state index is 11.0. The minimum Gasteiger partial charge on any atom is -0.300 e. The Bertz CT molecular complexity index is 175. The van der Waals surface area contributed by atoms with E-state index in [9.17, 15) is 9.59 Å².